The Hall–Kier alpha value is -2.40. The number of nitrogens with zero attached hydrogens (tertiary/aromatic N) is 1. The minimum Gasteiger partial charge on any atom is -0.478 e. The van der Waals surface area contributed by atoms with Crippen LogP contribution in [0, 0.1) is 0 Å². The summed E-state index contributed by atoms with van der Waals surface area (Å²) < 4.78 is 0.637. The maximum Gasteiger partial charge on any atom is 0.337 e. The van der Waals surface area contributed by atoms with E-state index >= 15 is 0 Å². The molecular weight excluding hydrogens is 334 g/mol. The highest BCUT2D eigenvalue weighted by molar-refractivity contribution is 9.10. The lowest BCUT2D eigenvalue weighted by Crippen LogP contribution is -2.24. The summed E-state index contributed by atoms with van der Waals surface area (Å²) in [6, 6.07) is 11.9. The topological polar surface area (TPSA) is 57.6 Å². The van der Waals surface area contributed by atoms with Gasteiger partial charge in [-0.3, -0.25) is 9.69 Å². The summed E-state index contributed by atoms with van der Waals surface area (Å²) in [6.07, 6.45) is 0. The predicted molar refractivity (Wildman–Crippen MR) is 83.4 cm³/mol. The number of benzene rings is 2. The fraction of sp³-hybridized carbons (Fsp3) is 0. The lowest BCUT2D eigenvalue weighted by atomic mass is 10.1. The van der Waals surface area contributed by atoms with Gasteiger partial charge >= 0.3 is 5.97 Å². The Labute approximate surface area is 129 Å². The van der Waals surface area contributed by atoms with E-state index in [0.717, 1.165) is 5.56 Å². The van der Waals surface area contributed by atoms with E-state index in [1.54, 1.807) is 30.3 Å². The van der Waals surface area contributed by atoms with Crippen LogP contribution in [0.15, 0.2) is 53.5 Å². The summed E-state index contributed by atoms with van der Waals surface area (Å²) in [7, 11) is 0. The highest BCUT2D eigenvalue weighted by Gasteiger charge is 2.33. The van der Waals surface area contributed by atoms with Crippen molar-refractivity contribution in [3.05, 3.63) is 70.2 Å². The number of anilines is 1. The average molecular weight is 344 g/mol. The van der Waals surface area contributed by atoms with Gasteiger partial charge in [0, 0.05) is 15.6 Å². The van der Waals surface area contributed by atoms with Crippen molar-refractivity contribution in [2.75, 3.05) is 4.90 Å². The van der Waals surface area contributed by atoms with Crippen LogP contribution in [0.2, 0.25) is 0 Å². The minimum atomic E-state index is -1.09. The Morgan fingerprint density at radius 2 is 1.81 bits per heavy atom. The predicted octanol–water partition coefficient (Wildman–Crippen LogP) is 3.78. The van der Waals surface area contributed by atoms with E-state index in [1.807, 2.05) is 6.07 Å². The SMILES string of the molecule is C=C1c2ccccc2C(=O)N1c1ccc(Br)cc1C(=O)O. The number of carbonyl (C=O) groups is 2. The number of carboxylic acid groups (broad SMARTS) is 1. The first-order valence-electron chi connectivity index (χ1n) is 6.16. The molecule has 1 amide bonds. The van der Waals surface area contributed by atoms with Crippen LogP contribution in [0.3, 0.4) is 0 Å². The smallest absolute Gasteiger partial charge is 0.337 e. The van der Waals surface area contributed by atoms with Crippen molar-refractivity contribution < 1.29 is 14.7 Å². The molecule has 0 aromatic heterocycles. The maximum atomic E-state index is 12.5. The maximum absolute atomic E-state index is 12.5. The zero-order valence-corrected chi connectivity index (χ0v) is 12.4. The van der Waals surface area contributed by atoms with Gasteiger partial charge in [-0.15, -0.1) is 0 Å². The van der Waals surface area contributed by atoms with Gasteiger partial charge in [0.25, 0.3) is 5.91 Å². The van der Waals surface area contributed by atoms with Crippen LogP contribution in [0.4, 0.5) is 5.69 Å². The second kappa shape index (κ2) is 4.86. The van der Waals surface area contributed by atoms with Gasteiger partial charge in [0.05, 0.1) is 16.9 Å². The summed E-state index contributed by atoms with van der Waals surface area (Å²) in [6.45, 7) is 3.93. The van der Waals surface area contributed by atoms with Crippen molar-refractivity contribution in [2.45, 2.75) is 0 Å². The van der Waals surface area contributed by atoms with Crippen LogP contribution in [-0.4, -0.2) is 17.0 Å². The first kappa shape index (κ1) is 13.6. The number of carbonyl (C=O) groups excluding carboxylic acids is 1. The van der Waals surface area contributed by atoms with E-state index in [9.17, 15) is 14.7 Å². The van der Waals surface area contributed by atoms with Crippen LogP contribution in [0.1, 0.15) is 26.3 Å². The Kier molecular flexibility index (Phi) is 3.14. The third-order valence-electron chi connectivity index (χ3n) is 3.37. The fourth-order valence-electron chi connectivity index (χ4n) is 2.41. The zero-order valence-electron chi connectivity index (χ0n) is 10.8. The van der Waals surface area contributed by atoms with Gasteiger partial charge in [-0.25, -0.2) is 4.79 Å². The average Bonchev–Trinajstić information content (AvgIpc) is 2.72. The highest BCUT2D eigenvalue weighted by Crippen LogP contribution is 2.37. The first-order valence-corrected chi connectivity index (χ1v) is 6.95. The molecule has 21 heavy (non-hydrogen) atoms. The lowest BCUT2D eigenvalue weighted by Gasteiger charge is -2.19. The fourth-order valence-corrected chi connectivity index (χ4v) is 2.78. The highest BCUT2D eigenvalue weighted by atomic mass is 79.9. The third kappa shape index (κ3) is 2.06. The molecule has 2 aromatic carbocycles. The molecule has 0 bridgehead atoms. The summed E-state index contributed by atoms with van der Waals surface area (Å²) in [5, 5.41) is 9.35. The number of fused-ring (bicyclic) bond motifs is 1. The van der Waals surface area contributed by atoms with Crippen LogP contribution in [-0.2, 0) is 0 Å². The molecule has 0 spiro atoms. The molecule has 1 aliphatic rings. The number of amides is 1. The molecule has 0 fully saturated rings. The number of rotatable bonds is 2. The second-order valence-electron chi connectivity index (χ2n) is 4.60. The van der Waals surface area contributed by atoms with Gasteiger partial charge in [-0.05, 0) is 24.3 Å². The molecule has 0 aliphatic carbocycles. The van der Waals surface area contributed by atoms with Crippen molar-refractivity contribution in [2.24, 2.45) is 0 Å². The largest absolute Gasteiger partial charge is 0.478 e. The van der Waals surface area contributed by atoms with Gasteiger partial charge in [-0.2, -0.15) is 0 Å². The molecule has 1 N–H and O–H groups in total. The minimum absolute atomic E-state index is 0.0479. The Morgan fingerprint density at radius 3 is 2.43 bits per heavy atom. The van der Waals surface area contributed by atoms with Gasteiger partial charge in [0.15, 0.2) is 0 Å². The van der Waals surface area contributed by atoms with Crippen molar-refractivity contribution in [1.29, 1.82) is 0 Å². The van der Waals surface area contributed by atoms with E-state index in [0.29, 0.717) is 21.4 Å². The van der Waals surface area contributed by atoms with Gasteiger partial charge in [-0.1, -0.05) is 40.7 Å². The number of aromatic carboxylic acids is 1. The lowest BCUT2D eigenvalue weighted by molar-refractivity contribution is 0.0697. The van der Waals surface area contributed by atoms with Crippen LogP contribution in [0.25, 0.3) is 5.70 Å². The molecule has 4 nitrogen and oxygen atoms in total. The monoisotopic (exact) mass is 343 g/mol. The van der Waals surface area contributed by atoms with Crippen LogP contribution in [0.5, 0.6) is 0 Å². The zero-order chi connectivity index (χ0) is 15.1. The van der Waals surface area contributed by atoms with Crippen molar-refractivity contribution in [3.63, 3.8) is 0 Å². The standard InChI is InChI=1S/C16H10BrNO3/c1-9-11-4-2-3-5-12(11)15(19)18(9)14-7-6-10(17)8-13(14)16(20)21/h2-8H,1H2,(H,20,21). The molecule has 0 radical (unpaired) electrons. The molecular formula is C16H10BrNO3. The molecule has 3 rings (SSSR count). The molecule has 0 saturated carbocycles. The summed E-state index contributed by atoms with van der Waals surface area (Å²) in [4.78, 5) is 25.3. The Balaban J connectivity index is 2.18. The molecule has 2 aromatic rings. The number of halogens is 1. The van der Waals surface area contributed by atoms with Gasteiger partial charge < -0.3 is 5.11 Å². The van der Waals surface area contributed by atoms with Crippen molar-refractivity contribution in [3.8, 4) is 0 Å². The van der Waals surface area contributed by atoms with E-state index in [4.69, 9.17) is 0 Å². The normalized spacial score (nSPS) is 13.5. The molecule has 104 valence electrons. The van der Waals surface area contributed by atoms with Crippen LogP contribution >= 0.6 is 15.9 Å². The second-order valence-corrected chi connectivity index (χ2v) is 5.52. The number of carboxylic acids is 1. The molecule has 5 heteroatoms. The van der Waals surface area contributed by atoms with Crippen LogP contribution < -0.4 is 4.90 Å². The molecule has 0 saturated heterocycles. The number of hydrogen-bond donors (Lipinski definition) is 1. The Bertz CT molecular complexity index is 763. The van der Waals surface area contributed by atoms with Gasteiger partial charge in [0.1, 0.15) is 0 Å². The Morgan fingerprint density at radius 1 is 1.14 bits per heavy atom. The van der Waals surface area contributed by atoms with E-state index in [2.05, 4.69) is 22.5 Å². The summed E-state index contributed by atoms with van der Waals surface area (Å²) in [5.41, 5.74) is 2.10. The van der Waals surface area contributed by atoms with E-state index in [-0.39, 0.29) is 11.5 Å². The van der Waals surface area contributed by atoms with Gasteiger partial charge in [0.2, 0.25) is 0 Å². The van der Waals surface area contributed by atoms with Crippen molar-refractivity contribution >= 4 is 39.2 Å². The first-order chi connectivity index (χ1) is 10.0. The van der Waals surface area contributed by atoms with Crippen molar-refractivity contribution in [1.82, 2.24) is 0 Å². The third-order valence-corrected chi connectivity index (χ3v) is 3.86. The molecule has 1 aliphatic heterocycles. The van der Waals surface area contributed by atoms with E-state index < -0.39 is 5.97 Å². The molecule has 1 heterocycles. The molecule has 0 unspecified atom stereocenters. The number of hydrogen-bond acceptors (Lipinski definition) is 2. The molecule has 0 atom stereocenters. The quantitative estimate of drug-likeness (QED) is 0.902. The summed E-state index contributed by atoms with van der Waals surface area (Å²) in [5.74, 6) is -1.36. The van der Waals surface area contributed by atoms with E-state index in [1.165, 1.54) is 11.0 Å². The summed E-state index contributed by atoms with van der Waals surface area (Å²) >= 11 is 3.24.